The van der Waals surface area contributed by atoms with E-state index in [9.17, 15) is 0 Å². The van der Waals surface area contributed by atoms with Crippen molar-refractivity contribution in [1.29, 1.82) is 0 Å². The van der Waals surface area contributed by atoms with Gasteiger partial charge in [0.2, 0.25) is 0 Å². The number of benzene rings is 1. The van der Waals surface area contributed by atoms with Crippen LogP contribution in [0.2, 0.25) is 0 Å². The summed E-state index contributed by atoms with van der Waals surface area (Å²) in [6.07, 6.45) is 0. The van der Waals surface area contributed by atoms with Crippen molar-refractivity contribution in [3.05, 3.63) is 24.3 Å². The van der Waals surface area contributed by atoms with E-state index in [1.807, 2.05) is 32.3 Å². The first-order valence-corrected chi connectivity index (χ1v) is 6.46. The van der Waals surface area contributed by atoms with Crippen LogP contribution >= 0.6 is 0 Å². The maximum atomic E-state index is 5.88. The van der Waals surface area contributed by atoms with E-state index in [2.05, 4.69) is 15.9 Å². The molecule has 4 nitrogen and oxygen atoms in total. The summed E-state index contributed by atoms with van der Waals surface area (Å²) < 4.78 is 11.2. The average molecular weight is 250 g/mol. The number of ether oxygens (including phenoxy) is 2. The summed E-state index contributed by atoms with van der Waals surface area (Å²) in [6.45, 7) is 5.40. The summed E-state index contributed by atoms with van der Waals surface area (Å²) in [5, 5.41) is 0. The fraction of sp³-hybridized carbons (Fsp3) is 0.571. The Kier molecular flexibility index (Phi) is 4.84. The van der Waals surface area contributed by atoms with Crippen LogP contribution in [-0.4, -0.2) is 58.5 Å². The normalized spacial score (nSPS) is 16.6. The number of morpholine rings is 1. The highest BCUT2D eigenvalue weighted by molar-refractivity contribution is 5.57. The minimum atomic E-state index is 0.727. The van der Waals surface area contributed by atoms with Crippen LogP contribution in [0.4, 0.5) is 5.69 Å². The quantitative estimate of drug-likeness (QED) is 0.790. The monoisotopic (exact) mass is 250 g/mol. The van der Waals surface area contributed by atoms with Crippen LogP contribution in [-0.2, 0) is 4.74 Å². The van der Waals surface area contributed by atoms with Gasteiger partial charge in [0.15, 0.2) is 0 Å². The van der Waals surface area contributed by atoms with Gasteiger partial charge in [-0.1, -0.05) is 12.1 Å². The van der Waals surface area contributed by atoms with Gasteiger partial charge in [0.05, 0.1) is 18.9 Å². The lowest BCUT2D eigenvalue weighted by molar-refractivity contribution is 0.0323. The summed E-state index contributed by atoms with van der Waals surface area (Å²) in [5.74, 6) is 0.954. The molecule has 0 N–H and O–H groups in total. The first-order chi connectivity index (χ1) is 8.77. The molecule has 0 aromatic heterocycles. The molecule has 2 rings (SSSR count). The largest absolute Gasteiger partial charge is 0.490 e. The lowest BCUT2D eigenvalue weighted by Crippen LogP contribution is -2.38. The predicted molar refractivity (Wildman–Crippen MR) is 73.5 cm³/mol. The van der Waals surface area contributed by atoms with Gasteiger partial charge in [0.1, 0.15) is 12.4 Å². The lowest BCUT2D eigenvalue weighted by atomic mass is 10.3. The zero-order valence-electron chi connectivity index (χ0n) is 11.3. The van der Waals surface area contributed by atoms with E-state index >= 15 is 0 Å². The third-order valence-electron chi connectivity index (χ3n) is 3.12. The molecule has 1 fully saturated rings. The Bertz CT molecular complexity index is 363. The highest BCUT2D eigenvalue weighted by Gasteiger charge is 2.10. The van der Waals surface area contributed by atoms with Gasteiger partial charge in [-0.15, -0.1) is 0 Å². The molecule has 0 spiro atoms. The summed E-state index contributed by atoms with van der Waals surface area (Å²) >= 11 is 0. The molecule has 0 aliphatic carbocycles. The number of rotatable bonds is 5. The van der Waals surface area contributed by atoms with Crippen LogP contribution in [0.15, 0.2) is 24.3 Å². The van der Waals surface area contributed by atoms with Gasteiger partial charge in [0.25, 0.3) is 0 Å². The molecule has 4 heteroatoms. The predicted octanol–water partition coefficient (Wildman–Crippen LogP) is 1.46. The standard InChI is InChI=1S/C14H22N2O2/c1-15(2)13-5-3-4-6-14(13)18-12-9-16-7-10-17-11-8-16/h3-6H,7-12H2,1-2H3. The molecule has 1 aromatic carbocycles. The van der Waals surface area contributed by atoms with Crippen molar-refractivity contribution in [2.45, 2.75) is 0 Å². The van der Waals surface area contributed by atoms with Crippen LogP contribution in [0.1, 0.15) is 0 Å². The highest BCUT2D eigenvalue weighted by Crippen LogP contribution is 2.25. The summed E-state index contributed by atoms with van der Waals surface area (Å²) in [7, 11) is 4.06. The molecular weight excluding hydrogens is 228 g/mol. The van der Waals surface area contributed by atoms with Crippen LogP contribution in [0.5, 0.6) is 5.75 Å². The van der Waals surface area contributed by atoms with Crippen molar-refractivity contribution < 1.29 is 9.47 Å². The molecule has 0 saturated carbocycles. The Balaban J connectivity index is 1.82. The van der Waals surface area contributed by atoms with Gasteiger partial charge in [-0.3, -0.25) is 4.90 Å². The van der Waals surface area contributed by atoms with Crippen molar-refractivity contribution >= 4 is 5.69 Å². The Morgan fingerprint density at radius 3 is 2.67 bits per heavy atom. The Morgan fingerprint density at radius 1 is 1.22 bits per heavy atom. The lowest BCUT2D eigenvalue weighted by Gasteiger charge is -2.26. The molecule has 1 aliphatic heterocycles. The van der Waals surface area contributed by atoms with E-state index in [4.69, 9.17) is 9.47 Å². The Hall–Kier alpha value is -1.26. The van der Waals surface area contributed by atoms with Gasteiger partial charge in [-0.05, 0) is 12.1 Å². The number of anilines is 1. The van der Waals surface area contributed by atoms with Gasteiger partial charge >= 0.3 is 0 Å². The van der Waals surface area contributed by atoms with E-state index < -0.39 is 0 Å². The van der Waals surface area contributed by atoms with Gasteiger partial charge in [-0.25, -0.2) is 0 Å². The first kappa shape index (κ1) is 13.2. The fourth-order valence-electron chi connectivity index (χ4n) is 2.06. The third kappa shape index (κ3) is 3.62. The summed E-state index contributed by atoms with van der Waals surface area (Å²) in [6, 6.07) is 8.14. The topological polar surface area (TPSA) is 24.9 Å². The average Bonchev–Trinajstić information content (AvgIpc) is 2.40. The third-order valence-corrected chi connectivity index (χ3v) is 3.12. The van der Waals surface area contributed by atoms with Crippen molar-refractivity contribution in [3.63, 3.8) is 0 Å². The van der Waals surface area contributed by atoms with Crippen LogP contribution < -0.4 is 9.64 Å². The molecule has 18 heavy (non-hydrogen) atoms. The smallest absolute Gasteiger partial charge is 0.142 e. The molecule has 0 radical (unpaired) electrons. The number of hydrogen-bond donors (Lipinski definition) is 0. The van der Waals surface area contributed by atoms with Crippen LogP contribution in [0.25, 0.3) is 0 Å². The number of nitrogens with zero attached hydrogens (tertiary/aromatic N) is 2. The van der Waals surface area contributed by atoms with Crippen molar-refractivity contribution in [1.82, 2.24) is 4.90 Å². The van der Waals surface area contributed by atoms with E-state index in [-0.39, 0.29) is 0 Å². The van der Waals surface area contributed by atoms with Crippen molar-refractivity contribution in [3.8, 4) is 5.75 Å². The van der Waals surface area contributed by atoms with Crippen molar-refractivity contribution in [2.75, 3.05) is 58.5 Å². The SMILES string of the molecule is CN(C)c1ccccc1OCCN1CCOCC1. The van der Waals surface area contributed by atoms with Gasteiger partial charge in [-0.2, -0.15) is 0 Å². The zero-order valence-corrected chi connectivity index (χ0v) is 11.3. The second-order valence-corrected chi connectivity index (χ2v) is 4.66. The molecule has 1 saturated heterocycles. The molecule has 1 aliphatic rings. The summed E-state index contributed by atoms with van der Waals surface area (Å²) in [5.41, 5.74) is 1.12. The second-order valence-electron chi connectivity index (χ2n) is 4.66. The fourth-order valence-corrected chi connectivity index (χ4v) is 2.06. The first-order valence-electron chi connectivity index (χ1n) is 6.46. The minimum Gasteiger partial charge on any atom is -0.490 e. The zero-order chi connectivity index (χ0) is 12.8. The molecule has 0 bridgehead atoms. The Labute approximate surface area is 109 Å². The molecule has 1 heterocycles. The number of para-hydroxylation sites is 2. The van der Waals surface area contributed by atoms with E-state index in [0.717, 1.165) is 50.9 Å². The maximum absolute atomic E-state index is 5.88. The van der Waals surface area contributed by atoms with Crippen molar-refractivity contribution in [2.24, 2.45) is 0 Å². The molecule has 100 valence electrons. The summed E-state index contributed by atoms with van der Waals surface area (Å²) in [4.78, 5) is 4.45. The molecule has 0 amide bonds. The van der Waals surface area contributed by atoms with Gasteiger partial charge in [0, 0.05) is 33.7 Å². The minimum absolute atomic E-state index is 0.727. The molecule has 0 atom stereocenters. The molecule has 1 aromatic rings. The van der Waals surface area contributed by atoms with Gasteiger partial charge < -0.3 is 14.4 Å². The number of hydrogen-bond acceptors (Lipinski definition) is 4. The highest BCUT2D eigenvalue weighted by atomic mass is 16.5. The van der Waals surface area contributed by atoms with Crippen LogP contribution in [0, 0.1) is 0 Å². The molecular formula is C14H22N2O2. The van der Waals surface area contributed by atoms with E-state index in [0.29, 0.717) is 0 Å². The second kappa shape index (κ2) is 6.61. The maximum Gasteiger partial charge on any atom is 0.142 e. The van der Waals surface area contributed by atoms with E-state index in [1.54, 1.807) is 0 Å². The Morgan fingerprint density at radius 2 is 1.94 bits per heavy atom. The van der Waals surface area contributed by atoms with Crippen LogP contribution in [0.3, 0.4) is 0 Å². The molecule has 0 unspecified atom stereocenters. The van der Waals surface area contributed by atoms with E-state index in [1.165, 1.54) is 0 Å².